The first kappa shape index (κ1) is 100. The second-order valence-corrected chi connectivity index (χ2v) is 54.3. The van der Waals surface area contributed by atoms with E-state index in [1.54, 1.807) is 44.4 Å². The largest absolute Gasteiger partial charge is 0.484 e. The monoisotopic (exact) mass is 2010 g/mol. The Morgan fingerprint density at radius 3 is 1.11 bits per heavy atom. The van der Waals surface area contributed by atoms with E-state index in [0.29, 0.717) is 48.3 Å². The number of benzene rings is 7. The number of ether oxygens (including phenoxy) is 8. The summed E-state index contributed by atoms with van der Waals surface area (Å²) in [6.45, 7) is 16.1. The summed E-state index contributed by atoms with van der Waals surface area (Å²) in [5.41, 5.74) is -1.26. The summed E-state index contributed by atoms with van der Waals surface area (Å²) in [5.74, 6) is 0.209. The van der Waals surface area contributed by atoms with Crippen molar-refractivity contribution in [3.05, 3.63) is 285 Å². The van der Waals surface area contributed by atoms with Gasteiger partial charge in [-0.05, 0) is 88.1 Å². The molecule has 32 nitrogen and oxygen atoms in total. The number of nitriles is 1. The molecule has 3 unspecified atom stereocenters. The van der Waals surface area contributed by atoms with Gasteiger partial charge in [0.15, 0.2) is 36.5 Å². The van der Waals surface area contributed by atoms with Gasteiger partial charge in [0, 0.05) is 83.6 Å². The lowest BCUT2D eigenvalue weighted by Gasteiger charge is -2.32. The molecule has 0 aliphatic carbocycles. The zero-order valence-electron chi connectivity index (χ0n) is 80.3. The van der Waals surface area contributed by atoms with Crippen molar-refractivity contribution in [3.63, 3.8) is 0 Å². The van der Waals surface area contributed by atoms with Gasteiger partial charge in [-0.15, -0.1) is 0 Å². The van der Waals surface area contributed by atoms with E-state index in [-0.39, 0.29) is 74.1 Å². The zero-order chi connectivity index (χ0) is 97.2. The molecule has 20 rings (SSSR count). The topological polar surface area (TPSA) is 345 Å². The number of imidazole rings is 1. The fraction of sp³-hybridized carbons (Fsp3) is 0.441. The minimum Gasteiger partial charge on any atom is -0.484 e. The number of fused-ring (bicyclic) bond motifs is 4. The van der Waals surface area contributed by atoms with Crippen molar-refractivity contribution in [2.45, 2.75) is 233 Å². The van der Waals surface area contributed by atoms with Gasteiger partial charge in [0.25, 0.3) is 42.6 Å². The quantitative estimate of drug-likeness (QED) is 0.0192. The van der Waals surface area contributed by atoms with Crippen molar-refractivity contribution >= 4 is 104 Å². The molecule has 11 aromatic rings. The third kappa shape index (κ3) is 21.3. The van der Waals surface area contributed by atoms with Crippen LogP contribution in [0.1, 0.15) is 104 Å². The lowest BCUT2D eigenvalue weighted by Crippen LogP contribution is -2.58. The predicted molar refractivity (Wildman–Crippen MR) is 544 cm³/mol. The number of para-hydroxylation sites is 1. The van der Waals surface area contributed by atoms with Crippen LogP contribution in [0.4, 0.5) is 5.95 Å². The summed E-state index contributed by atoms with van der Waals surface area (Å²) in [6.07, 6.45) is 7.40. The summed E-state index contributed by atoms with van der Waals surface area (Å²) < 4.78 is 102. The molecule has 3 N–H and O–H groups in total. The molecule has 38 heteroatoms. The SMILES string of the molecule is CC[C@H]1O[C@@H](n2ccc(=O)[nH]c2=O)[C@@H](OC)C1O[P@@]1O[C@H](C[Si](C)(c2ccccc2)c2ccccc2)[C@@H]2CCCN21.CC[C@H]1O[C@@H](n2ccc(=O)[nH]c2=O)[C@@H](OC)C1O[P@]1O[C@@H](C[Si](C)(c2ccccc2)c2ccccc2)[C@H]2CCCN21.CC[C@H]1O[C@@H](n2cnc3c(OCCC#N)nc(NC(=O)COc4ccccc4)nc32)[C@@H](OC)C1O[P@]1O[C@@H](C[Si](C)(c2ccccc2)c2ccccc2)[C@H]2CCCN21. The molecule has 21 atom stereocenters. The third-order valence-electron chi connectivity index (χ3n) is 28.9. The van der Waals surface area contributed by atoms with Gasteiger partial charge in [-0.1, -0.05) is 272 Å². The highest BCUT2D eigenvalue weighted by Gasteiger charge is 2.59. The van der Waals surface area contributed by atoms with Gasteiger partial charge < -0.3 is 65.0 Å². The molecule has 9 saturated heterocycles. The van der Waals surface area contributed by atoms with Crippen LogP contribution in [0.15, 0.2) is 262 Å². The highest BCUT2D eigenvalue weighted by molar-refractivity contribution is 7.45. The number of aromatic amines is 2. The Morgan fingerprint density at radius 1 is 0.450 bits per heavy atom. The fourth-order valence-electron chi connectivity index (χ4n) is 21.6. The fourth-order valence-corrected chi connectivity index (χ4v) is 39.5. The van der Waals surface area contributed by atoms with Gasteiger partial charge in [0.2, 0.25) is 11.8 Å². The van der Waals surface area contributed by atoms with E-state index in [4.69, 9.17) is 75.3 Å². The van der Waals surface area contributed by atoms with Crippen molar-refractivity contribution in [2.75, 3.05) is 59.5 Å². The van der Waals surface area contributed by atoms with Crippen LogP contribution in [0.5, 0.6) is 11.6 Å². The van der Waals surface area contributed by atoms with E-state index < -0.39 is 134 Å². The maximum Gasteiger partial charge on any atom is 0.330 e. The molecule has 738 valence electrons. The third-order valence-corrected chi connectivity index (χ3v) is 47.6. The molecule has 0 bridgehead atoms. The number of hydrogen-bond donors (Lipinski definition) is 3. The number of nitrogens with one attached hydrogen (secondary N) is 3. The lowest BCUT2D eigenvalue weighted by molar-refractivity contribution is -0.118. The molecule has 1 amide bonds. The Kier molecular flexibility index (Phi) is 32.7. The van der Waals surface area contributed by atoms with Gasteiger partial charge >= 0.3 is 11.4 Å². The van der Waals surface area contributed by atoms with E-state index in [9.17, 15) is 24.0 Å². The lowest BCUT2D eigenvalue weighted by atomic mass is 10.1. The highest BCUT2D eigenvalue weighted by Crippen LogP contribution is 2.63. The number of carbonyl (C=O) groups excluding carboxylic acids is 1. The molecule has 140 heavy (non-hydrogen) atoms. The molecule has 0 spiro atoms. The van der Waals surface area contributed by atoms with Crippen LogP contribution < -0.4 is 68.4 Å². The second kappa shape index (κ2) is 45.5. The number of methoxy groups -OCH3 is 3. The minimum atomic E-state index is -2.19. The molecule has 7 aromatic carbocycles. The van der Waals surface area contributed by atoms with Gasteiger partial charge in [-0.2, -0.15) is 15.2 Å². The van der Waals surface area contributed by atoms with Crippen molar-refractivity contribution in [3.8, 4) is 17.7 Å². The number of rotatable bonds is 34. The number of nitrogens with zero attached hydrogens (tertiary/aromatic N) is 10. The smallest absolute Gasteiger partial charge is 0.330 e. The molecule has 9 aliphatic rings. The Hall–Kier alpha value is -9.65. The summed E-state index contributed by atoms with van der Waals surface area (Å²) >= 11 is 0. The molecule has 4 aromatic heterocycles. The summed E-state index contributed by atoms with van der Waals surface area (Å²) in [6, 6.07) is 82.9. The first-order valence-corrected chi connectivity index (χ1v) is 60.2. The van der Waals surface area contributed by atoms with Crippen LogP contribution in [0.3, 0.4) is 0 Å². The van der Waals surface area contributed by atoms with Gasteiger partial charge in [-0.25, -0.2) is 28.6 Å². The van der Waals surface area contributed by atoms with E-state index in [2.05, 4.69) is 254 Å². The van der Waals surface area contributed by atoms with Crippen molar-refractivity contribution in [1.29, 1.82) is 5.26 Å². The number of hydrogen-bond acceptors (Lipinski definition) is 26. The zero-order valence-corrected chi connectivity index (χ0v) is 86.0. The van der Waals surface area contributed by atoms with Crippen molar-refractivity contribution in [1.82, 2.24) is 52.6 Å². The van der Waals surface area contributed by atoms with E-state index >= 15 is 0 Å². The van der Waals surface area contributed by atoms with Crippen LogP contribution >= 0.6 is 25.6 Å². The number of amides is 1. The number of H-pyrrole nitrogens is 2. The predicted octanol–water partition coefficient (Wildman–Crippen LogP) is 12.3. The number of anilines is 1. The van der Waals surface area contributed by atoms with E-state index in [1.165, 1.54) is 64.8 Å². The maximum absolute atomic E-state index is 13.0. The molecule has 0 radical (unpaired) electrons. The normalized spacial score (nSPS) is 27.7. The van der Waals surface area contributed by atoms with Gasteiger partial charge in [-0.3, -0.25) is 43.4 Å². The van der Waals surface area contributed by atoms with Crippen molar-refractivity contribution < 1.29 is 69.8 Å². The van der Waals surface area contributed by atoms with E-state index in [1.807, 2.05) is 32.0 Å². The van der Waals surface area contributed by atoms with Gasteiger partial charge in [0.05, 0.1) is 55.4 Å². The molecular weight excluding hydrogens is 1890 g/mol. The summed E-state index contributed by atoms with van der Waals surface area (Å²) in [5, 5.41) is 20.3. The Bertz CT molecular complexity index is 5910. The standard InChI is InChI=1S/C42H48N7O7PSi.2C30H38N3O6PSi/c1-4-33-37(56-57-49-24-14-22-32(49)34(55-57)27-58(3,30-18-10-6-11-19-30)31-20-12-7-13-21-31)38(51-2)41(54-33)48-28-44-36-39(48)46-42(47-40(36)52-25-15-23-43)45-35(50)26-53-29-16-8-5-9-17-29;2*1-4-24-27(28(36-2)29(37-24)32-19-17-26(34)31-30(32)35)39-40-33-18-11-16-23(33)25(38-40)20-41(3,21-12-7-5-8-13-21)22-14-9-6-10-15-22/h5-13,16-21,28,32-34,37-38,41H,4,14-15,22,24-27H2,1-3H3,(H,45,46,47,50);2*5-10,12-15,17,19,23-25,27-29H,4,11,16,18,20H2,1-3H3,(H,31,34,35)/t32-,33-,34+,37?,38+,41-,57+;23-,24+,25+,27?,28-,29+,40+;23-,24-,25+,27?,28+,29-,40+/m101/s1. The Labute approximate surface area is 821 Å². The minimum absolute atomic E-state index is 0.00911. The average Bonchev–Trinajstić information content (AvgIpc) is 1.60. The van der Waals surface area contributed by atoms with Crippen LogP contribution in [0, 0.1) is 11.3 Å². The van der Waals surface area contributed by atoms with Crippen LogP contribution in [0.25, 0.3) is 11.2 Å². The number of aromatic nitrogens is 8. The first-order valence-electron chi connectivity index (χ1n) is 48.7. The summed E-state index contributed by atoms with van der Waals surface area (Å²) in [4.78, 5) is 79.9. The molecule has 9 fully saturated rings. The van der Waals surface area contributed by atoms with Crippen LogP contribution in [-0.2, 0) is 60.4 Å². The van der Waals surface area contributed by atoms with E-state index in [0.717, 1.165) is 76.3 Å². The van der Waals surface area contributed by atoms with Gasteiger partial charge in [0.1, 0.15) is 73.2 Å². The molecule has 0 saturated carbocycles. The van der Waals surface area contributed by atoms with Crippen molar-refractivity contribution in [2.24, 2.45) is 0 Å². The Morgan fingerprint density at radius 2 is 0.786 bits per heavy atom. The Balaban J connectivity index is 0.000000142. The van der Waals surface area contributed by atoms with Crippen LogP contribution in [0.2, 0.25) is 37.8 Å². The number of carbonyl (C=O) groups is 1. The molecular formula is C102H124N13O19P3Si3. The molecule has 9 aliphatic heterocycles. The first-order chi connectivity index (χ1) is 68.2. The molecule has 13 heterocycles. The second-order valence-electron chi connectivity index (χ2n) is 37.4. The maximum atomic E-state index is 13.0. The van der Waals surface area contributed by atoms with Crippen LogP contribution in [-0.4, -0.2) is 228 Å². The average molecular weight is 2010 g/mol. The summed E-state index contributed by atoms with van der Waals surface area (Å²) in [7, 11) is -5.67. The highest BCUT2D eigenvalue weighted by atomic mass is 31.2.